The first-order chi connectivity index (χ1) is 6.18. The fourth-order valence-electron chi connectivity index (χ4n) is 0.440. The van der Waals surface area contributed by atoms with Gasteiger partial charge in [0, 0.05) is 0 Å². The van der Waals surface area contributed by atoms with Crippen LogP contribution in [-0.4, -0.2) is 0 Å². The summed E-state index contributed by atoms with van der Waals surface area (Å²) in [4.78, 5) is 0. The molecule has 0 N–H and O–H groups in total. The number of hydrogen-bond acceptors (Lipinski definition) is 0. The topological polar surface area (TPSA) is 0 Å². The van der Waals surface area contributed by atoms with Gasteiger partial charge in [-0.2, -0.15) is 0 Å². The zero-order valence-electron chi connectivity index (χ0n) is 10.8. The lowest BCUT2D eigenvalue weighted by Gasteiger charge is -2.01. The maximum absolute atomic E-state index is 2.20. The maximum Gasteiger partial charge on any atom is -0.0260 e. The molecule has 0 heterocycles. The van der Waals surface area contributed by atoms with E-state index in [1.807, 2.05) is 40.7 Å². The number of rotatable bonds is 2. The van der Waals surface area contributed by atoms with E-state index in [1.54, 1.807) is 0 Å². The summed E-state index contributed by atoms with van der Waals surface area (Å²) in [6.07, 6.45) is 6.28. The van der Waals surface area contributed by atoms with Gasteiger partial charge in [0.25, 0.3) is 0 Å². The molecule has 0 aromatic heterocycles. The predicted octanol–water partition coefficient (Wildman–Crippen LogP) is 5.22. The van der Waals surface area contributed by atoms with E-state index in [4.69, 9.17) is 0 Å². The van der Waals surface area contributed by atoms with Crippen molar-refractivity contribution in [1.29, 1.82) is 0 Å². The zero-order valence-corrected chi connectivity index (χ0v) is 10.8. The number of hydrogen-bond donors (Lipinski definition) is 0. The van der Waals surface area contributed by atoms with Gasteiger partial charge < -0.3 is 0 Å². The van der Waals surface area contributed by atoms with Crippen LogP contribution in [0.3, 0.4) is 0 Å². The van der Waals surface area contributed by atoms with E-state index in [9.17, 15) is 0 Å². The van der Waals surface area contributed by atoms with E-state index in [1.165, 1.54) is 5.57 Å². The lowest BCUT2D eigenvalue weighted by atomic mass is 10.1. The molecule has 0 atom stereocenters. The van der Waals surface area contributed by atoms with Crippen LogP contribution in [0.2, 0.25) is 0 Å². The second kappa shape index (κ2) is 17.5. The minimum absolute atomic E-state index is 0.682. The van der Waals surface area contributed by atoms with Crippen LogP contribution < -0.4 is 0 Å². The molecule has 0 radical (unpaired) electrons. The third-order valence-corrected chi connectivity index (χ3v) is 1.46. The molecule has 13 heavy (non-hydrogen) atoms. The van der Waals surface area contributed by atoms with E-state index in [0.717, 1.165) is 0 Å². The van der Waals surface area contributed by atoms with Crippen LogP contribution in [-0.2, 0) is 0 Å². The Morgan fingerprint density at radius 2 is 1.38 bits per heavy atom. The molecule has 0 bridgehead atoms. The van der Waals surface area contributed by atoms with Crippen LogP contribution in [0.5, 0.6) is 0 Å². The third-order valence-electron chi connectivity index (χ3n) is 1.46. The highest BCUT2D eigenvalue weighted by Crippen LogP contribution is 2.06. The molecule has 0 unspecified atom stereocenters. The van der Waals surface area contributed by atoms with E-state index in [0.29, 0.717) is 5.92 Å². The van der Waals surface area contributed by atoms with Crippen molar-refractivity contribution in [3.8, 4) is 0 Å². The summed E-state index contributed by atoms with van der Waals surface area (Å²) >= 11 is 0. The monoisotopic (exact) mass is 184 g/mol. The molecule has 0 fully saturated rings. The molecule has 0 aliphatic heterocycles. The van der Waals surface area contributed by atoms with Crippen LogP contribution in [0, 0.1) is 5.92 Å². The average Bonchev–Trinajstić information content (AvgIpc) is 2.20. The lowest BCUT2D eigenvalue weighted by molar-refractivity contribution is 0.769. The van der Waals surface area contributed by atoms with Gasteiger partial charge >= 0.3 is 0 Å². The van der Waals surface area contributed by atoms with Crippen molar-refractivity contribution in [2.75, 3.05) is 0 Å². The molecule has 0 rings (SSSR count). The molecule has 0 aliphatic rings. The van der Waals surface area contributed by atoms with Crippen LogP contribution >= 0.6 is 0 Å². The standard InChI is InChI=1S/C9H16.2C2H6/c1-5-6-7-9(4)8(2)3;2*1-2/h5-8H,1-4H3;2*1-2H3/b6-5-,9-7-;;. The van der Waals surface area contributed by atoms with Crippen molar-refractivity contribution in [2.24, 2.45) is 5.92 Å². The Morgan fingerprint density at radius 1 is 1.00 bits per heavy atom. The maximum atomic E-state index is 2.20. The number of allylic oxidation sites excluding steroid dienone is 4. The Kier molecular flexibility index (Phi) is 24.7. The first-order valence-electron chi connectivity index (χ1n) is 5.48. The summed E-state index contributed by atoms with van der Waals surface area (Å²) < 4.78 is 0. The van der Waals surface area contributed by atoms with Gasteiger partial charge in [-0.1, -0.05) is 65.3 Å². The second-order valence-electron chi connectivity index (χ2n) is 2.59. The normalized spacial score (nSPS) is 10.4. The molecular formula is C13H28. The summed E-state index contributed by atoms with van der Waals surface area (Å²) in [5.74, 6) is 0.682. The molecule has 0 amide bonds. The van der Waals surface area contributed by atoms with Gasteiger partial charge in [-0.15, -0.1) is 0 Å². The Bertz CT molecular complexity index is 116. The molecule has 0 saturated carbocycles. The first-order valence-corrected chi connectivity index (χ1v) is 5.48. The van der Waals surface area contributed by atoms with Crippen molar-refractivity contribution >= 4 is 0 Å². The highest BCUT2D eigenvalue weighted by atomic mass is 14.0. The highest BCUT2D eigenvalue weighted by molar-refractivity contribution is 5.11. The highest BCUT2D eigenvalue weighted by Gasteiger charge is 1.91. The fourth-order valence-corrected chi connectivity index (χ4v) is 0.440. The first kappa shape index (κ1) is 18.3. The van der Waals surface area contributed by atoms with E-state index < -0.39 is 0 Å². The zero-order chi connectivity index (χ0) is 11.3. The van der Waals surface area contributed by atoms with Crippen molar-refractivity contribution in [2.45, 2.75) is 55.4 Å². The molecule has 0 aliphatic carbocycles. The van der Waals surface area contributed by atoms with Crippen molar-refractivity contribution in [3.05, 3.63) is 23.8 Å². The molecule has 0 aromatic carbocycles. The summed E-state index contributed by atoms with van der Waals surface area (Å²) in [5, 5.41) is 0. The van der Waals surface area contributed by atoms with Crippen LogP contribution in [0.4, 0.5) is 0 Å². The van der Waals surface area contributed by atoms with Gasteiger partial charge in [-0.05, 0) is 19.8 Å². The molecule has 0 heteroatoms. The van der Waals surface area contributed by atoms with Gasteiger partial charge in [-0.25, -0.2) is 0 Å². The summed E-state index contributed by atoms with van der Waals surface area (Å²) in [6.45, 7) is 16.6. The molecular weight excluding hydrogens is 156 g/mol. The van der Waals surface area contributed by atoms with Gasteiger partial charge in [0.1, 0.15) is 0 Å². The molecule has 0 nitrogen and oxygen atoms in total. The lowest BCUT2D eigenvalue weighted by Crippen LogP contribution is -1.86. The Hall–Kier alpha value is -0.520. The van der Waals surface area contributed by atoms with Gasteiger partial charge in [0.2, 0.25) is 0 Å². The SMILES string of the molecule is C/C=C\C=C(\C)C(C)C.CC.CC. The van der Waals surface area contributed by atoms with E-state index >= 15 is 0 Å². The van der Waals surface area contributed by atoms with Gasteiger partial charge in [-0.3, -0.25) is 0 Å². The molecule has 80 valence electrons. The smallest absolute Gasteiger partial charge is 0.0260 e. The van der Waals surface area contributed by atoms with Gasteiger partial charge in [0.15, 0.2) is 0 Å². The van der Waals surface area contributed by atoms with E-state index in [2.05, 4.69) is 32.9 Å². The van der Waals surface area contributed by atoms with E-state index in [-0.39, 0.29) is 0 Å². The minimum atomic E-state index is 0.682. The third kappa shape index (κ3) is 18.4. The van der Waals surface area contributed by atoms with Crippen molar-refractivity contribution in [3.63, 3.8) is 0 Å². The molecule has 0 aromatic rings. The van der Waals surface area contributed by atoms with Gasteiger partial charge in [0.05, 0.1) is 0 Å². The largest absolute Gasteiger partial charge is 0.0877 e. The van der Waals surface area contributed by atoms with Crippen molar-refractivity contribution < 1.29 is 0 Å². The Labute approximate surface area is 85.8 Å². The fraction of sp³-hybridized carbons (Fsp3) is 0.692. The Balaban J connectivity index is -0.000000218. The van der Waals surface area contributed by atoms with Crippen LogP contribution in [0.25, 0.3) is 0 Å². The summed E-state index contributed by atoms with van der Waals surface area (Å²) in [6, 6.07) is 0. The van der Waals surface area contributed by atoms with Crippen LogP contribution in [0.1, 0.15) is 55.4 Å². The summed E-state index contributed by atoms with van der Waals surface area (Å²) in [5.41, 5.74) is 1.44. The van der Waals surface area contributed by atoms with Crippen LogP contribution in [0.15, 0.2) is 23.8 Å². The Morgan fingerprint density at radius 3 is 1.62 bits per heavy atom. The predicted molar refractivity (Wildman–Crippen MR) is 66.1 cm³/mol. The summed E-state index contributed by atoms with van der Waals surface area (Å²) in [7, 11) is 0. The minimum Gasteiger partial charge on any atom is -0.0877 e. The quantitative estimate of drug-likeness (QED) is 0.516. The second-order valence-corrected chi connectivity index (χ2v) is 2.59. The van der Waals surface area contributed by atoms with Crippen molar-refractivity contribution in [1.82, 2.24) is 0 Å². The average molecular weight is 184 g/mol. The molecule has 0 spiro atoms. The molecule has 0 saturated heterocycles.